The zero-order valence-corrected chi connectivity index (χ0v) is 20.9. The Kier molecular flexibility index (Phi) is 9.56. The van der Waals surface area contributed by atoms with Crippen molar-refractivity contribution in [3.05, 3.63) is 83.4 Å². The summed E-state index contributed by atoms with van der Waals surface area (Å²) in [6.07, 6.45) is 0. The van der Waals surface area contributed by atoms with Crippen LogP contribution in [-0.2, 0) is 9.53 Å². The maximum absolute atomic E-state index is 12.8. The van der Waals surface area contributed by atoms with Crippen LogP contribution in [0.1, 0.15) is 41.4 Å². The van der Waals surface area contributed by atoms with Crippen molar-refractivity contribution in [1.82, 2.24) is 5.32 Å². The van der Waals surface area contributed by atoms with Gasteiger partial charge >= 0.3 is 5.97 Å². The standard InChI is InChI=1S/C28H31NO7/c1-5-34-24-16-11-21(17-25(24)35-6-2)28(31)36-18-26(30)29-27(19-7-12-22(32-3)13-8-19)20-9-14-23(33-4)15-10-20/h7-17,27H,5-6,18H2,1-4H3,(H,29,30). The van der Waals surface area contributed by atoms with Crippen LogP contribution in [0.5, 0.6) is 23.0 Å². The van der Waals surface area contributed by atoms with Crippen molar-refractivity contribution >= 4 is 11.9 Å². The van der Waals surface area contributed by atoms with Gasteiger partial charge in [-0.25, -0.2) is 4.79 Å². The van der Waals surface area contributed by atoms with E-state index in [1.54, 1.807) is 32.4 Å². The average Bonchev–Trinajstić information content (AvgIpc) is 2.91. The molecule has 0 spiro atoms. The second-order valence-corrected chi connectivity index (χ2v) is 7.65. The van der Waals surface area contributed by atoms with Gasteiger partial charge in [0.15, 0.2) is 18.1 Å². The highest BCUT2D eigenvalue weighted by atomic mass is 16.5. The van der Waals surface area contributed by atoms with Gasteiger partial charge in [-0.05, 0) is 67.4 Å². The number of carbonyl (C=O) groups is 2. The van der Waals surface area contributed by atoms with Crippen LogP contribution < -0.4 is 24.3 Å². The zero-order valence-electron chi connectivity index (χ0n) is 20.9. The Morgan fingerprint density at radius 1 is 0.750 bits per heavy atom. The molecule has 8 heteroatoms. The quantitative estimate of drug-likeness (QED) is 0.370. The molecule has 0 saturated carbocycles. The van der Waals surface area contributed by atoms with Gasteiger partial charge in [0.05, 0.1) is 39.0 Å². The molecular weight excluding hydrogens is 462 g/mol. The molecule has 0 radical (unpaired) electrons. The molecule has 190 valence electrons. The number of carbonyl (C=O) groups excluding carboxylic acids is 2. The first-order valence-corrected chi connectivity index (χ1v) is 11.6. The summed E-state index contributed by atoms with van der Waals surface area (Å²) in [5, 5.41) is 2.95. The van der Waals surface area contributed by atoms with Gasteiger partial charge in [-0.3, -0.25) is 4.79 Å². The Hall–Kier alpha value is -4.20. The first-order chi connectivity index (χ1) is 17.5. The number of methoxy groups -OCH3 is 2. The van der Waals surface area contributed by atoms with E-state index in [1.807, 2.05) is 62.4 Å². The van der Waals surface area contributed by atoms with E-state index in [9.17, 15) is 9.59 Å². The fourth-order valence-electron chi connectivity index (χ4n) is 3.55. The van der Waals surface area contributed by atoms with Crippen LogP contribution in [0.2, 0.25) is 0 Å². The number of amides is 1. The molecule has 1 amide bonds. The van der Waals surface area contributed by atoms with Gasteiger partial charge in [0.2, 0.25) is 0 Å². The summed E-state index contributed by atoms with van der Waals surface area (Å²) >= 11 is 0. The van der Waals surface area contributed by atoms with E-state index in [2.05, 4.69) is 5.32 Å². The highest BCUT2D eigenvalue weighted by Crippen LogP contribution is 2.29. The van der Waals surface area contributed by atoms with Gasteiger partial charge in [-0.1, -0.05) is 24.3 Å². The van der Waals surface area contributed by atoms with Crippen molar-refractivity contribution < 1.29 is 33.3 Å². The number of hydrogen-bond donors (Lipinski definition) is 1. The summed E-state index contributed by atoms with van der Waals surface area (Å²) in [5.41, 5.74) is 1.94. The number of esters is 1. The zero-order chi connectivity index (χ0) is 25.9. The number of rotatable bonds is 12. The second kappa shape index (κ2) is 13.0. The maximum atomic E-state index is 12.8. The Bertz CT molecular complexity index is 1100. The number of ether oxygens (including phenoxy) is 5. The van der Waals surface area contributed by atoms with Crippen molar-refractivity contribution in [3.8, 4) is 23.0 Å². The summed E-state index contributed by atoms with van der Waals surface area (Å²) < 4.78 is 26.8. The smallest absolute Gasteiger partial charge is 0.338 e. The predicted molar refractivity (Wildman–Crippen MR) is 135 cm³/mol. The van der Waals surface area contributed by atoms with E-state index in [0.717, 1.165) is 11.1 Å². The molecule has 0 atom stereocenters. The van der Waals surface area contributed by atoms with Crippen LogP contribution >= 0.6 is 0 Å². The van der Waals surface area contributed by atoms with E-state index in [1.165, 1.54) is 0 Å². The Morgan fingerprint density at radius 3 is 1.78 bits per heavy atom. The van der Waals surface area contributed by atoms with E-state index < -0.39 is 24.5 Å². The molecule has 3 aromatic rings. The van der Waals surface area contributed by atoms with E-state index >= 15 is 0 Å². The monoisotopic (exact) mass is 493 g/mol. The van der Waals surface area contributed by atoms with E-state index in [4.69, 9.17) is 23.7 Å². The third-order valence-electron chi connectivity index (χ3n) is 5.32. The number of hydrogen-bond acceptors (Lipinski definition) is 7. The Morgan fingerprint density at radius 2 is 1.28 bits per heavy atom. The SMILES string of the molecule is CCOc1ccc(C(=O)OCC(=O)NC(c2ccc(OC)cc2)c2ccc(OC)cc2)cc1OCC. The molecule has 1 N–H and O–H groups in total. The second-order valence-electron chi connectivity index (χ2n) is 7.65. The normalized spacial score (nSPS) is 10.5. The largest absolute Gasteiger partial charge is 0.497 e. The lowest BCUT2D eigenvalue weighted by molar-refractivity contribution is -0.124. The predicted octanol–water partition coefficient (Wildman–Crippen LogP) is 4.56. The molecule has 0 bridgehead atoms. The van der Waals surface area contributed by atoms with Crippen molar-refractivity contribution in [2.45, 2.75) is 19.9 Å². The lowest BCUT2D eigenvalue weighted by Gasteiger charge is -2.20. The van der Waals surface area contributed by atoms with Gasteiger partial charge in [-0.15, -0.1) is 0 Å². The Balaban J connectivity index is 1.71. The summed E-state index contributed by atoms with van der Waals surface area (Å²) in [6.45, 7) is 4.14. The first-order valence-electron chi connectivity index (χ1n) is 11.6. The summed E-state index contributed by atoms with van der Waals surface area (Å²) in [6, 6.07) is 19.1. The maximum Gasteiger partial charge on any atom is 0.338 e. The molecule has 0 aliphatic heterocycles. The summed E-state index contributed by atoms with van der Waals surface area (Å²) in [5.74, 6) is 1.30. The van der Waals surface area contributed by atoms with Gasteiger partial charge in [0.1, 0.15) is 11.5 Å². The molecule has 0 saturated heterocycles. The molecule has 0 aliphatic carbocycles. The molecular formula is C28H31NO7. The van der Waals surface area contributed by atoms with Crippen LogP contribution in [0.3, 0.4) is 0 Å². The van der Waals surface area contributed by atoms with Crippen LogP contribution in [0.4, 0.5) is 0 Å². The number of benzene rings is 3. The molecule has 0 unspecified atom stereocenters. The molecule has 36 heavy (non-hydrogen) atoms. The third kappa shape index (κ3) is 6.91. The number of nitrogens with one attached hydrogen (secondary N) is 1. The van der Waals surface area contributed by atoms with Crippen LogP contribution in [-0.4, -0.2) is 45.9 Å². The van der Waals surface area contributed by atoms with Crippen LogP contribution in [0, 0.1) is 0 Å². The van der Waals surface area contributed by atoms with E-state index in [-0.39, 0.29) is 5.56 Å². The van der Waals surface area contributed by atoms with Crippen molar-refractivity contribution in [2.75, 3.05) is 34.0 Å². The van der Waals surface area contributed by atoms with Gasteiger partial charge in [0, 0.05) is 0 Å². The van der Waals surface area contributed by atoms with E-state index in [0.29, 0.717) is 36.2 Å². The van der Waals surface area contributed by atoms with Crippen molar-refractivity contribution in [2.24, 2.45) is 0 Å². The van der Waals surface area contributed by atoms with Gasteiger partial charge in [0.25, 0.3) is 5.91 Å². The molecule has 3 rings (SSSR count). The van der Waals surface area contributed by atoms with Crippen molar-refractivity contribution in [1.29, 1.82) is 0 Å². The first kappa shape index (κ1) is 26.4. The van der Waals surface area contributed by atoms with Gasteiger partial charge in [-0.2, -0.15) is 0 Å². The fraction of sp³-hybridized carbons (Fsp3) is 0.286. The lowest BCUT2D eigenvalue weighted by atomic mass is 9.98. The highest BCUT2D eigenvalue weighted by Gasteiger charge is 2.19. The minimum atomic E-state index is -0.639. The fourth-order valence-corrected chi connectivity index (χ4v) is 3.55. The third-order valence-corrected chi connectivity index (χ3v) is 5.32. The highest BCUT2D eigenvalue weighted by molar-refractivity contribution is 5.92. The lowest BCUT2D eigenvalue weighted by Crippen LogP contribution is -2.33. The van der Waals surface area contributed by atoms with Crippen LogP contribution in [0.25, 0.3) is 0 Å². The summed E-state index contributed by atoms with van der Waals surface area (Å²) in [4.78, 5) is 25.4. The van der Waals surface area contributed by atoms with Crippen molar-refractivity contribution in [3.63, 3.8) is 0 Å². The molecule has 8 nitrogen and oxygen atoms in total. The van der Waals surface area contributed by atoms with Crippen LogP contribution in [0.15, 0.2) is 66.7 Å². The summed E-state index contributed by atoms with van der Waals surface area (Å²) in [7, 11) is 3.18. The molecule has 0 aliphatic rings. The molecule has 0 heterocycles. The molecule has 3 aromatic carbocycles. The topological polar surface area (TPSA) is 92.3 Å². The minimum Gasteiger partial charge on any atom is -0.497 e. The Labute approximate surface area is 211 Å². The molecule has 0 fully saturated rings. The molecule has 0 aromatic heterocycles. The minimum absolute atomic E-state index is 0.261. The van der Waals surface area contributed by atoms with Gasteiger partial charge < -0.3 is 29.0 Å². The average molecular weight is 494 g/mol.